The maximum Gasteiger partial charge on any atom is 0.280 e. The van der Waals surface area contributed by atoms with Crippen LogP contribution in [0.2, 0.25) is 0 Å². The zero-order chi connectivity index (χ0) is 11.5. The predicted molar refractivity (Wildman–Crippen MR) is 56.4 cm³/mol. The van der Waals surface area contributed by atoms with Crippen molar-refractivity contribution in [3.63, 3.8) is 0 Å². The number of amides is 1. The largest absolute Gasteiger partial charge is 0.353 e. The molecule has 1 aliphatic heterocycles. The van der Waals surface area contributed by atoms with E-state index in [0.29, 0.717) is 19.6 Å². The van der Waals surface area contributed by atoms with Crippen molar-refractivity contribution in [1.82, 2.24) is 14.3 Å². The van der Waals surface area contributed by atoms with Gasteiger partial charge >= 0.3 is 0 Å². The lowest BCUT2D eigenvalue weighted by Crippen LogP contribution is -2.58. The normalized spacial score (nSPS) is 23.9. The molecule has 0 aromatic carbocycles. The van der Waals surface area contributed by atoms with E-state index < -0.39 is 16.3 Å². The van der Waals surface area contributed by atoms with Crippen LogP contribution >= 0.6 is 0 Å². The first-order chi connectivity index (χ1) is 6.99. The summed E-state index contributed by atoms with van der Waals surface area (Å²) in [6.07, 6.45) is 0.730. The zero-order valence-corrected chi connectivity index (χ0v) is 9.80. The molecule has 1 rings (SSSR count). The Bertz CT molecular complexity index is 328. The third-order valence-corrected chi connectivity index (χ3v) is 3.97. The van der Waals surface area contributed by atoms with Crippen molar-refractivity contribution >= 4 is 16.1 Å². The fraction of sp³-hybridized carbons (Fsp3) is 0.875. The number of carbonyl (C=O) groups is 1. The van der Waals surface area contributed by atoms with Crippen LogP contribution in [0.15, 0.2) is 0 Å². The van der Waals surface area contributed by atoms with Gasteiger partial charge in [-0.15, -0.1) is 0 Å². The molecule has 0 bridgehead atoms. The molecule has 1 fully saturated rings. The minimum Gasteiger partial charge on any atom is -0.353 e. The van der Waals surface area contributed by atoms with Gasteiger partial charge in [0.25, 0.3) is 10.2 Å². The van der Waals surface area contributed by atoms with E-state index in [1.807, 2.05) is 6.92 Å². The zero-order valence-electron chi connectivity index (χ0n) is 8.99. The van der Waals surface area contributed by atoms with E-state index in [2.05, 4.69) is 10.0 Å². The van der Waals surface area contributed by atoms with Crippen molar-refractivity contribution in [3.8, 4) is 0 Å². The van der Waals surface area contributed by atoms with E-state index >= 15 is 0 Å². The van der Waals surface area contributed by atoms with Gasteiger partial charge in [-0.05, 0) is 13.3 Å². The Morgan fingerprint density at radius 3 is 2.87 bits per heavy atom. The molecule has 0 aromatic heterocycles. The predicted octanol–water partition coefficient (Wildman–Crippen LogP) is -0.949. The minimum absolute atomic E-state index is 0.247. The maximum atomic E-state index is 11.7. The van der Waals surface area contributed by atoms with Crippen molar-refractivity contribution in [2.75, 3.05) is 19.6 Å². The summed E-state index contributed by atoms with van der Waals surface area (Å²) in [6.45, 7) is 4.56. The van der Waals surface area contributed by atoms with Gasteiger partial charge in [-0.2, -0.15) is 12.7 Å². The molecule has 0 radical (unpaired) electrons. The second-order valence-electron chi connectivity index (χ2n) is 3.48. The molecule has 1 saturated heterocycles. The number of hydrogen-bond acceptors (Lipinski definition) is 3. The monoisotopic (exact) mass is 235 g/mol. The average Bonchev–Trinajstić information content (AvgIpc) is 2.19. The van der Waals surface area contributed by atoms with Crippen LogP contribution in [0.1, 0.15) is 20.3 Å². The highest BCUT2D eigenvalue weighted by atomic mass is 32.2. The number of carbonyl (C=O) groups excluding carboxylic acids is 1. The fourth-order valence-electron chi connectivity index (χ4n) is 1.40. The Balaban J connectivity index is 2.72. The van der Waals surface area contributed by atoms with Gasteiger partial charge in [-0.3, -0.25) is 4.79 Å². The summed E-state index contributed by atoms with van der Waals surface area (Å²) in [5.41, 5.74) is 0. The molecule has 1 aliphatic rings. The van der Waals surface area contributed by atoms with Crippen LogP contribution in [-0.4, -0.2) is 44.3 Å². The highest BCUT2D eigenvalue weighted by molar-refractivity contribution is 7.87. The second kappa shape index (κ2) is 4.91. The average molecular weight is 235 g/mol. The van der Waals surface area contributed by atoms with Gasteiger partial charge in [0.1, 0.15) is 6.04 Å². The SMILES string of the molecule is CCCNS(=O)(=O)N1CCNC(=O)C1C. The Hall–Kier alpha value is -0.660. The molecule has 0 spiro atoms. The first-order valence-electron chi connectivity index (χ1n) is 5.03. The molecule has 1 unspecified atom stereocenters. The first-order valence-corrected chi connectivity index (χ1v) is 6.47. The molecular weight excluding hydrogens is 218 g/mol. The minimum atomic E-state index is -3.51. The van der Waals surface area contributed by atoms with Gasteiger partial charge < -0.3 is 5.32 Å². The fourth-order valence-corrected chi connectivity index (χ4v) is 2.88. The van der Waals surface area contributed by atoms with Gasteiger partial charge in [0.2, 0.25) is 5.91 Å². The molecule has 1 heterocycles. The summed E-state index contributed by atoms with van der Waals surface area (Å²) in [6, 6.07) is -0.631. The van der Waals surface area contributed by atoms with Crippen molar-refractivity contribution in [2.24, 2.45) is 0 Å². The number of rotatable bonds is 4. The van der Waals surface area contributed by atoms with E-state index in [1.165, 1.54) is 4.31 Å². The molecule has 0 aromatic rings. The summed E-state index contributed by atoms with van der Waals surface area (Å²) < 4.78 is 27.1. The van der Waals surface area contributed by atoms with E-state index in [0.717, 1.165) is 6.42 Å². The lowest BCUT2D eigenvalue weighted by atomic mass is 10.2. The van der Waals surface area contributed by atoms with Crippen LogP contribution in [0.4, 0.5) is 0 Å². The number of nitrogens with zero attached hydrogens (tertiary/aromatic N) is 1. The van der Waals surface area contributed by atoms with Crippen LogP contribution < -0.4 is 10.0 Å². The number of hydrogen-bond donors (Lipinski definition) is 2. The van der Waals surface area contributed by atoms with Crippen LogP contribution in [0.5, 0.6) is 0 Å². The van der Waals surface area contributed by atoms with Gasteiger partial charge in [0.05, 0.1) is 0 Å². The van der Waals surface area contributed by atoms with Crippen LogP contribution in [-0.2, 0) is 15.0 Å². The van der Waals surface area contributed by atoms with E-state index in [1.54, 1.807) is 6.92 Å². The highest BCUT2D eigenvalue weighted by Gasteiger charge is 2.33. The number of nitrogens with one attached hydrogen (secondary N) is 2. The van der Waals surface area contributed by atoms with Gasteiger partial charge in [-0.25, -0.2) is 4.72 Å². The van der Waals surface area contributed by atoms with E-state index in [4.69, 9.17) is 0 Å². The van der Waals surface area contributed by atoms with Crippen molar-refractivity contribution in [2.45, 2.75) is 26.3 Å². The van der Waals surface area contributed by atoms with Crippen molar-refractivity contribution in [1.29, 1.82) is 0 Å². The van der Waals surface area contributed by atoms with Crippen molar-refractivity contribution < 1.29 is 13.2 Å². The van der Waals surface area contributed by atoms with Gasteiger partial charge in [-0.1, -0.05) is 6.92 Å². The highest BCUT2D eigenvalue weighted by Crippen LogP contribution is 2.08. The summed E-state index contributed by atoms with van der Waals surface area (Å²) in [7, 11) is -3.51. The van der Waals surface area contributed by atoms with E-state index in [-0.39, 0.29) is 5.91 Å². The quantitative estimate of drug-likeness (QED) is 0.659. The molecule has 2 N–H and O–H groups in total. The summed E-state index contributed by atoms with van der Waals surface area (Å²) >= 11 is 0. The first kappa shape index (κ1) is 12.4. The molecule has 1 amide bonds. The summed E-state index contributed by atoms with van der Waals surface area (Å²) in [5, 5.41) is 2.62. The molecule has 88 valence electrons. The third-order valence-electron chi connectivity index (χ3n) is 2.29. The van der Waals surface area contributed by atoms with Gasteiger partial charge in [0.15, 0.2) is 0 Å². The molecule has 7 heteroatoms. The van der Waals surface area contributed by atoms with Gasteiger partial charge in [0, 0.05) is 19.6 Å². The third kappa shape index (κ3) is 2.90. The summed E-state index contributed by atoms with van der Waals surface area (Å²) in [4.78, 5) is 11.3. The molecule has 15 heavy (non-hydrogen) atoms. The van der Waals surface area contributed by atoms with Crippen molar-refractivity contribution in [3.05, 3.63) is 0 Å². The second-order valence-corrected chi connectivity index (χ2v) is 5.18. The lowest BCUT2D eigenvalue weighted by molar-refractivity contribution is -0.126. The Kier molecular flexibility index (Phi) is 4.06. The topological polar surface area (TPSA) is 78.5 Å². The van der Waals surface area contributed by atoms with Crippen LogP contribution in [0.25, 0.3) is 0 Å². The standard InChI is InChI=1S/C8H17N3O3S/c1-3-4-10-15(13,14)11-6-5-9-8(12)7(11)2/h7,10H,3-6H2,1-2H3,(H,9,12). The molecule has 1 atom stereocenters. The molecule has 0 saturated carbocycles. The Morgan fingerprint density at radius 2 is 2.27 bits per heavy atom. The molecule has 0 aliphatic carbocycles. The smallest absolute Gasteiger partial charge is 0.280 e. The van der Waals surface area contributed by atoms with Crippen LogP contribution in [0, 0.1) is 0 Å². The lowest BCUT2D eigenvalue weighted by Gasteiger charge is -2.31. The Morgan fingerprint density at radius 1 is 1.60 bits per heavy atom. The molecular formula is C8H17N3O3S. The summed E-state index contributed by atoms with van der Waals surface area (Å²) in [5.74, 6) is -0.247. The number of piperazine rings is 1. The maximum absolute atomic E-state index is 11.7. The Labute approximate surface area is 90.2 Å². The van der Waals surface area contributed by atoms with E-state index in [9.17, 15) is 13.2 Å². The van der Waals surface area contributed by atoms with Crippen LogP contribution in [0.3, 0.4) is 0 Å². The molecule has 6 nitrogen and oxygen atoms in total.